The summed E-state index contributed by atoms with van der Waals surface area (Å²) in [4.78, 5) is 2.16. The molecule has 0 amide bonds. The van der Waals surface area contributed by atoms with Crippen LogP contribution in [-0.4, -0.2) is 24.5 Å². The summed E-state index contributed by atoms with van der Waals surface area (Å²) in [7, 11) is 2.06. The highest BCUT2D eigenvalue weighted by Gasteiger charge is 2.21. The van der Waals surface area contributed by atoms with Crippen molar-refractivity contribution >= 4 is 35.5 Å². The van der Waals surface area contributed by atoms with E-state index in [1.807, 2.05) is 41.4 Å². The van der Waals surface area contributed by atoms with E-state index in [1.165, 1.54) is 0 Å². The first-order chi connectivity index (χ1) is 8.84. The Morgan fingerprint density at radius 2 is 1.47 bits per heavy atom. The molecule has 0 atom stereocenters. The van der Waals surface area contributed by atoms with Gasteiger partial charge in [-0.05, 0) is 12.1 Å². The van der Waals surface area contributed by atoms with E-state index in [4.69, 9.17) is 0 Å². The Kier molecular flexibility index (Phi) is 4.42. The molecule has 0 spiro atoms. The van der Waals surface area contributed by atoms with Crippen molar-refractivity contribution in [2.45, 2.75) is 0 Å². The Morgan fingerprint density at radius 1 is 0.895 bits per heavy atom. The van der Waals surface area contributed by atoms with Gasteiger partial charge in [0.15, 0.2) is 5.84 Å². The Morgan fingerprint density at radius 3 is 2.11 bits per heavy atom. The molecule has 0 aliphatic carbocycles. The number of nitrogens with zero attached hydrogens (tertiary/aromatic N) is 3. The maximum Gasteiger partial charge on any atom is 0.157 e. The average Bonchev–Trinajstić information content (AvgIpc) is 2.83. The molecule has 0 radical (unpaired) electrons. The van der Waals surface area contributed by atoms with Crippen molar-refractivity contribution in [2.24, 2.45) is 5.10 Å². The molecule has 19 heavy (non-hydrogen) atoms. The number of hydrogen-bond acceptors (Lipinski definition) is 3. The van der Waals surface area contributed by atoms with Gasteiger partial charge in [0.25, 0.3) is 0 Å². The topological polar surface area (TPSA) is 18.8 Å². The molecule has 98 valence electrons. The van der Waals surface area contributed by atoms with Gasteiger partial charge in [-0.25, -0.2) is 5.01 Å². The second-order valence-electron chi connectivity index (χ2n) is 4.36. The first-order valence-electron chi connectivity index (χ1n) is 6.02. The monoisotopic (exact) mass is 365 g/mol. The molecule has 4 heteroatoms. The lowest BCUT2D eigenvalue weighted by Gasteiger charge is -2.16. The van der Waals surface area contributed by atoms with Gasteiger partial charge in [-0.2, -0.15) is 5.10 Å². The summed E-state index contributed by atoms with van der Waals surface area (Å²) in [6.45, 7) is 0.786. The van der Waals surface area contributed by atoms with E-state index in [-0.39, 0.29) is 24.0 Å². The minimum Gasteiger partial charge on any atom is -0.338 e. The average molecular weight is 365 g/mol. The van der Waals surface area contributed by atoms with Crippen molar-refractivity contribution in [3.63, 3.8) is 0 Å². The fourth-order valence-corrected chi connectivity index (χ4v) is 2.10. The lowest BCUT2D eigenvalue weighted by molar-refractivity contribution is 0.539. The van der Waals surface area contributed by atoms with Crippen LogP contribution in [-0.2, 0) is 0 Å². The number of amidine groups is 1. The van der Waals surface area contributed by atoms with Gasteiger partial charge in [0.1, 0.15) is 6.67 Å². The van der Waals surface area contributed by atoms with Crippen molar-refractivity contribution in [1.82, 2.24) is 4.90 Å². The quantitative estimate of drug-likeness (QED) is 0.760. The number of benzene rings is 2. The number of hydrogen-bond donors (Lipinski definition) is 0. The summed E-state index contributed by atoms with van der Waals surface area (Å²) < 4.78 is 0. The molecular weight excluding hydrogens is 349 g/mol. The molecule has 2 aromatic rings. The van der Waals surface area contributed by atoms with E-state index in [0.717, 1.165) is 23.8 Å². The zero-order valence-corrected chi connectivity index (χ0v) is 13.1. The number of hydrazone groups is 1. The second-order valence-corrected chi connectivity index (χ2v) is 4.36. The third-order valence-corrected chi connectivity index (χ3v) is 3.01. The van der Waals surface area contributed by atoms with Gasteiger partial charge in [0.2, 0.25) is 0 Å². The molecule has 3 nitrogen and oxygen atoms in total. The molecule has 1 heterocycles. The molecule has 0 bridgehead atoms. The zero-order chi connectivity index (χ0) is 12.4. The second kappa shape index (κ2) is 6.06. The normalized spacial score (nSPS) is 14.1. The Labute approximate surface area is 130 Å². The standard InChI is InChI=1S/C15H15N3.HI/c1-17-12-18(14-10-6-3-7-11-14)16-15(17)13-8-4-2-5-9-13;/h2-11H,12H2,1H3;1H. The summed E-state index contributed by atoms with van der Waals surface area (Å²) >= 11 is 0. The molecule has 0 unspecified atom stereocenters. The number of halogens is 1. The van der Waals surface area contributed by atoms with E-state index in [2.05, 4.69) is 41.3 Å². The Balaban J connectivity index is 0.00000133. The third-order valence-electron chi connectivity index (χ3n) is 3.01. The Bertz CT molecular complexity index is 554. The highest BCUT2D eigenvalue weighted by molar-refractivity contribution is 14.0. The van der Waals surface area contributed by atoms with Gasteiger partial charge in [-0.15, -0.1) is 24.0 Å². The molecule has 0 saturated carbocycles. The maximum atomic E-state index is 4.69. The first kappa shape index (κ1) is 13.9. The Hall–Kier alpha value is -1.56. The minimum atomic E-state index is 0. The van der Waals surface area contributed by atoms with Crippen molar-refractivity contribution < 1.29 is 0 Å². The van der Waals surface area contributed by atoms with Gasteiger partial charge < -0.3 is 4.90 Å². The van der Waals surface area contributed by atoms with Gasteiger partial charge in [-0.3, -0.25) is 0 Å². The summed E-state index contributed by atoms with van der Waals surface area (Å²) in [6.07, 6.45) is 0. The number of para-hydroxylation sites is 1. The molecule has 1 aliphatic rings. The SMILES string of the molecule is CN1CN(c2ccccc2)N=C1c1ccccc1.I. The number of rotatable bonds is 2. The van der Waals surface area contributed by atoms with Crippen LogP contribution >= 0.6 is 24.0 Å². The lowest BCUT2D eigenvalue weighted by Crippen LogP contribution is -2.27. The van der Waals surface area contributed by atoms with Crippen LogP contribution in [0.15, 0.2) is 65.8 Å². The van der Waals surface area contributed by atoms with Crippen LogP contribution in [0.3, 0.4) is 0 Å². The van der Waals surface area contributed by atoms with E-state index >= 15 is 0 Å². The molecular formula is C15H16IN3. The lowest BCUT2D eigenvalue weighted by atomic mass is 10.2. The number of anilines is 1. The largest absolute Gasteiger partial charge is 0.338 e. The highest BCUT2D eigenvalue weighted by Crippen LogP contribution is 2.20. The predicted molar refractivity (Wildman–Crippen MR) is 89.9 cm³/mol. The molecule has 1 aliphatic heterocycles. The van der Waals surface area contributed by atoms with Crippen molar-refractivity contribution in [1.29, 1.82) is 0 Å². The van der Waals surface area contributed by atoms with Gasteiger partial charge >= 0.3 is 0 Å². The third kappa shape index (κ3) is 2.89. The van der Waals surface area contributed by atoms with Crippen LogP contribution in [0.4, 0.5) is 5.69 Å². The van der Waals surface area contributed by atoms with Gasteiger partial charge in [0.05, 0.1) is 5.69 Å². The van der Waals surface area contributed by atoms with E-state index in [9.17, 15) is 0 Å². The van der Waals surface area contributed by atoms with E-state index in [0.29, 0.717) is 0 Å². The first-order valence-corrected chi connectivity index (χ1v) is 6.02. The van der Waals surface area contributed by atoms with E-state index < -0.39 is 0 Å². The van der Waals surface area contributed by atoms with Crippen LogP contribution in [0.25, 0.3) is 0 Å². The molecule has 0 N–H and O–H groups in total. The molecule has 0 aromatic heterocycles. The fraction of sp³-hybridized carbons (Fsp3) is 0.133. The predicted octanol–water partition coefficient (Wildman–Crippen LogP) is 3.38. The van der Waals surface area contributed by atoms with Crippen LogP contribution in [0.5, 0.6) is 0 Å². The summed E-state index contributed by atoms with van der Waals surface area (Å²) in [5.74, 6) is 1.01. The highest BCUT2D eigenvalue weighted by atomic mass is 127. The van der Waals surface area contributed by atoms with Crippen LogP contribution < -0.4 is 5.01 Å². The zero-order valence-electron chi connectivity index (χ0n) is 10.7. The minimum absolute atomic E-state index is 0. The van der Waals surface area contributed by atoms with Gasteiger partial charge in [0, 0.05) is 12.6 Å². The van der Waals surface area contributed by atoms with Crippen LogP contribution in [0, 0.1) is 0 Å². The van der Waals surface area contributed by atoms with Crippen LogP contribution in [0.2, 0.25) is 0 Å². The van der Waals surface area contributed by atoms with E-state index in [1.54, 1.807) is 0 Å². The van der Waals surface area contributed by atoms with Crippen molar-refractivity contribution in [3.8, 4) is 0 Å². The maximum absolute atomic E-state index is 4.69. The molecule has 0 saturated heterocycles. The molecule has 0 fully saturated rings. The van der Waals surface area contributed by atoms with Gasteiger partial charge in [-0.1, -0.05) is 48.5 Å². The molecule has 2 aromatic carbocycles. The van der Waals surface area contributed by atoms with Crippen LogP contribution in [0.1, 0.15) is 5.56 Å². The fourth-order valence-electron chi connectivity index (χ4n) is 2.10. The summed E-state index contributed by atoms with van der Waals surface area (Å²) in [5.41, 5.74) is 2.27. The summed E-state index contributed by atoms with van der Waals surface area (Å²) in [6, 6.07) is 20.5. The van der Waals surface area contributed by atoms with Crippen molar-refractivity contribution in [3.05, 3.63) is 66.2 Å². The smallest absolute Gasteiger partial charge is 0.157 e. The summed E-state index contributed by atoms with van der Waals surface area (Å²) in [5, 5.41) is 6.70. The molecule has 3 rings (SSSR count). The van der Waals surface area contributed by atoms with Crippen molar-refractivity contribution in [2.75, 3.05) is 18.7 Å².